The number of amides is 1. The molecule has 2 N–H and O–H groups in total. The van der Waals surface area contributed by atoms with Crippen LogP contribution in [0.4, 0.5) is 17.2 Å². The Morgan fingerprint density at radius 1 is 0.816 bits per heavy atom. The molecule has 0 unspecified atom stereocenters. The molecule has 1 amide bonds. The molecular weight excluding hydrogens is 570 g/mol. The van der Waals surface area contributed by atoms with E-state index in [1.807, 2.05) is 18.2 Å². The minimum Gasteiger partial charge on any atom is -0.478 e. The highest BCUT2D eigenvalue weighted by molar-refractivity contribution is 6.31. The number of nitrogens with zero attached hydrogens (tertiary/aromatic N) is 3. The molecule has 1 saturated heterocycles. The number of rotatable bonds is 5. The van der Waals surface area contributed by atoms with Crippen molar-refractivity contribution in [1.82, 2.24) is 4.98 Å². The summed E-state index contributed by atoms with van der Waals surface area (Å²) in [5, 5.41) is 13.7. The van der Waals surface area contributed by atoms with E-state index in [0.717, 1.165) is 26.2 Å². The van der Waals surface area contributed by atoms with Gasteiger partial charge in [0.05, 0.1) is 11.1 Å². The largest absolute Gasteiger partial charge is 0.478 e. The third kappa shape index (κ3) is 6.79. The molecule has 3 aromatic carbocycles. The standard InChI is InChI=1S/C27H23ClN4O3.3ClH/c28-19-6-4-5-18(15-19)26(33)29-20-9-10-24-22(16-20)23(27(34)35)17-25(30-24)32-13-11-31(12-14-32)21-7-2-1-3-8-21;;;/h1-10,15-17H,11-14H2,(H,29,33)(H,34,35);3*1H. The molecule has 200 valence electrons. The highest BCUT2D eigenvalue weighted by Crippen LogP contribution is 2.28. The minimum atomic E-state index is -1.04. The summed E-state index contributed by atoms with van der Waals surface area (Å²) in [4.78, 5) is 33.9. The Morgan fingerprint density at radius 3 is 2.16 bits per heavy atom. The zero-order valence-corrected chi connectivity index (χ0v) is 23.2. The van der Waals surface area contributed by atoms with Crippen LogP contribution in [-0.2, 0) is 0 Å². The average Bonchev–Trinajstić information content (AvgIpc) is 2.88. The third-order valence-corrected chi connectivity index (χ3v) is 6.33. The maximum Gasteiger partial charge on any atom is 0.336 e. The van der Waals surface area contributed by atoms with Gasteiger partial charge < -0.3 is 20.2 Å². The first-order valence-electron chi connectivity index (χ1n) is 11.3. The molecule has 38 heavy (non-hydrogen) atoms. The molecule has 1 aliphatic rings. The van der Waals surface area contributed by atoms with E-state index in [1.165, 1.54) is 5.69 Å². The summed E-state index contributed by atoms with van der Waals surface area (Å²) in [7, 11) is 0. The van der Waals surface area contributed by atoms with Crippen molar-refractivity contribution >= 4 is 88.8 Å². The number of nitrogens with one attached hydrogen (secondary N) is 1. The second kappa shape index (κ2) is 13.5. The quantitative estimate of drug-likeness (QED) is 0.276. The van der Waals surface area contributed by atoms with Crippen LogP contribution in [0.2, 0.25) is 5.02 Å². The Labute approximate surface area is 244 Å². The Hall–Kier alpha value is -3.23. The van der Waals surface area contributed by atoms with Crippen LogP contribution in [0.3, 0.4) is 0 Å². The van der Waals surface area contributed by atoms with Gasteiger partial charge in [0.2, 0.25) is 0 Å². The van der Waals surface area contributed by atoms with Gasteiger partial charge in [0, 0.05) is 53.5 Å². The molecule has 2 heterocycles. The number of aromatic carboxylic acids is 1. The number of benzene rings is 3. The fraction of sp³-hybridized carbons (Fsp3) is 0.148. The Balaban J connectivity index is 0.00000169. The first kappa shape index (κ1) is 31.0. The molecule has 4 aromatic rings. The lowest BCUT2D eigenvalue weighted by Gasteiger charge is -2.37. The topological polar surface area (TPSA) is 85.8 Å². The molecule has 0 aliphatic carbocycles. The van der Waals surface area contributed by atoms with Gasteiger partial charge in [0.25, 0.3) is 5.91 Å². The van der Waals surface area contributed by atoms with Gasteiger partial charge in [-0.2, -0.15) is 0 Å². The fourth-order valence-electron chi connectivity index (χ4n) is 4.29. The highest BCUT2D eigenvalue weighted by Gasteiger charge is 2.21. The van der Waals surface area contributed by atoms with Crippen LogP contribution < -0.4 is 15.1 Å². The van der Waals surface area contributed by atoms with Crippen molar-refractivity contribution in [2.24, 2.45) is 0 Å². The van der Waals surface area contributed by atoms with Crippen molar-refractivity contribution in [3.8, 4) is 0 Å². The summed E-state index contributed by atoms with van der Waals surface area (Å²) in [6.45, 7) is 3.11. The molecule has 1 aliphatic heterocycles. The van der Waals surface area contributed by atoms with Crippen LogP contribution in [-0.4, -0.2) is 48.1 Å². The van der Waals surface area contributed by atoms with E-state index in [0.29, 0.717) is 33.0 Å². The van der Waals surface area contributed by atoms with Crippen molar-refractivity contribution in [2.45, 2.75) is 0 Å². The molecule has 0 bridgehead atoms. The summed E-state index contributed by atoms with van der Waals surface area (Å²) in [6, 6.07) is 23.6. The maximum absolute atomic E-state index is 12.6. The van der Waals surface area contributed by atoms with Crippen LogP contribution in [0.25, 0.3) is 10.9 Å². The Bertz CT molecular complexity index is 1410. The number of carbonyl (C=O) groups excluding carboxylic acids is 1. The van der Waals surface area contributed by atoms with Crippen LogP contribution in [0, 0.1) is 0 Å². The second-order valence-corrected chi connectivity index (χ2v) is 8.78. The summed E-state index contributed by atoms with van der Waals surface area (Å²) in [5.41, 5.74) is 2.79. The molecule has 0 spiro atoms. The summed E-state index contributed by atoms with van der Waals surface area (Å²) >= 11 is 5.98. The SMILES string of the molecule is Cl.Cl.Cl.O=C(Nc1ccc2nc(N3CCN(c4ccccc4)CC3)cc(C(=O)O)c2c1)c1cccc(Cl)c1. The van der Waals surface area contributed by atoms with E-state index in [1.54, 1.807) is 48.5 Å². The van der Waals surface area contributed by atoms with Crippen LogP contribution in [0.5, 0.6) is 0 Å². The number of aromatic nitrogens is 1. The van der Waals surface area contributed by atoms with Crippen molar-refractivity contribution in [3.63, 3.8) is 0 Å². The second-order valence-electron chi connectivity index (χ2n) is 8.34. The number of carboxylic acids is 1. The van der Waals surface area contributed by atoms with Gasteiger partial charge in [0.15, 0.2) is 0 Å². The molecule has 0 atom stereocenters. The van der Waals surface area contributed by atoms with E-state index in [4.69, 9.17) is 16.6 Å². The van der Waals surface area contributed by atoms with E-state index < -0.39 is 5.97 Å². The lowest BCUT2D eigenvalue weighted by molar-refractivity contribution is 0.0698. The lowest BCUT2D eigenvalue weighted by Crippen LogP contribution is -2.46. The smallest absolute Gasteiger partial charge is 0.336 e. The van der Waals surface area contributed by atoms with Crippen LogP contribution >= 0.6 is 48.8 Å². The zero-order chi connectivity index (χ0) is 24.4. The van der Waals surface area contributed by atoms with Gasteiger partial charge in [-0.15, -0.1) is 37.2 Å². The predicted molar refractivity (Wildman–Crippen MR) is 161 cm³/mol. The number of para-hydroxylation sites is 1. The van der Waals surface area contributed by atoms with Crippen LogP contribution in [0.1, 0.15) is 20.7 Å². The summed E-state index contributed by atoms with van der Waals surface area (Å²) in [6.07, 6.45) is 0. The third-order valence-electron chi connectivity index (χ3n) is 6.10. The van der Waals surface area contributed by atoms with Crippen LogP contribution in [0.15, 0.2) is 78.9 Å². The monoisotopic (exact) mass is 594 g/mol. The number of halogens is 4. The average molecular weight is 596 g/mol. The normalized spacial score (nSPS) is 12.6. The number of hydrogen-bond donors (Lipinski definition) is 2. The van der Waals surface area contributed by atoms with Gasteiger partial charge in [-0.25, -0.2) is 9.78 Å². The number of carboxylic acid groups (broad SMARTS) is 1. The molecule has 7 nitrogen and oxygen atoms in total. The van der Waals surface area contributed by atoms with Crippen molar-refractivity contribution in [1.29, 1.82) is 0 Å². The lowest BCUT2D eigenvalue weighted by atomic mass is 10.1. The van der Waals surface area contributed by atoms with Gasteiger partial charge in [0.1, 0.15) is 5.82 Å². The summed E-state index contributed by atoms with van der Waals surface area (Å²) in [5.74, 6) is -0.734. The molecule has 5 rings (SSSR count). The minimum absolute atomic E-state index is 0. The van der Waals surface area contributed by atoms with Gasteiger partial charge in [-0.3, -0.25) is 4.79 Å². The molecule has 1 fully saturated rings. The van der Waals surface area contributed by atoms with Gasteiger partial charge in [-0.1, -0.05) is 35.9 Å². The number of fused-ring (bicyclic) bond motifs is 1. The summed E-state index contributed by atoms with van der Waals surface area (Å²) < 4.78 is 0. The molecule has 1 aromatic heterocycles. The first-order chi connectivity index (χ1) is 17.0. The fourth-order valence-corrected chi connectivity index (χ4v) is 4.48. The Kier molecular flexibility index (Phi) is 11.0. The highest BCUT2D eigenvalue weighted by atomic mass is 35.5. The van der Waals surface area contributed by atoms with Gasteiger partial charge >= 0.3 is 5.97 Å². The predicted octanol–water partition coefficient (Wildman–Crippen LogP) is 6.43. The van der Waals surface area contributed by atoms with E-state index in [2.05, 4.69) is 27.2 Å². The number of carbonyl (C=O) groups is 2. The molecule has 0 radical (unpaired) electrons. The Morgan fingerprint density at radius 2 is 1.50 bits per heavy atom. The number of anilines is 3. The van der Waals surface area contributed by atoms with Gasteiger partial charge in [-0.05, 0) is 54.6 Å². The maximum atomic E-state index is 12.6. The number of pyridine rings is 1. The number of piperazine rings is 1. The van der Waals surface area contributed by atoms with Crippen molar-refractivity contribution in [2.75, 3.05) is 41.3 Å². The van der Waals surface area contributed by atoms with E-state index in [-0.39, 0.29) is 48.7 Å². The number of hydrogen-bond acceptors (Lipinski definition) is 5. The van der Waals surface area contributed by atoms with Crippen molar-refractivity contribution in [3.05, 3.63) is 95.0 Å². The molecule has 11 heteroatoms. The first-order valence-corrected chi connectivity index (χ1v) is 11.7. The molecule has 0 saturated carbocycles. The van der Waals surface area contributed by atoms with Crippen molar-refractivity contribution < 1.29 is 14.7 Å². The van der Waals surface area contributed by atoms with E-state index in [9.17, 15) is 14.7 Å². The molecular formula is C27H26Cl4N4O3. The zero-order valence-electron chi connectivity index (χ0n) is 20.0. The van der Waals surface area contributed by atoms with E-state index >= 15 is 0 Å².